The number of hydrogen-bond acceptors (Lipinski definition) is 2. The second-order valence-corrected chi connectivity index (χ2v) is 4.55. The molecule has 1 rings (SSSR count). The highest BCUT2D eigenvalue weighted by atomic mass is 35.5. The first-order valence-electron chi connectivity index (χ1n) is 4.49. The van der Waals surface area contributed by atoms with Crippen LogP contribution in [0.1, 0.15) is 31.1 Å². The van der Waals surface area contributed by atoms with Gasteiger partial charge in [0.2, 0.25) is 0 Å². The number of carbonyl (C=O) groups is 1. The Morgan fingerprint density at radius 2 is 1.93 bits per heavy atom. The average Bonchev–Trinajstić information content (AvgIpc) is 2.06. The Balaban J connectivity index is 2.88. The first kappa shape index (κ1) is 11.9. The van der Waals surface area contributed by atoms with Crippen LogP contribution in [-0.4, -0.2) is 11.6 Å². The third-order valence-electron chi connectivity index (χ3n) is 1.57. The molecule has 1 radical (unpaired) electrons. The van der Waals surface area contributed by atoms with Crippen LogP contribution in [0.5, 0.6) is 5.75 Å². The van der Waals surface area contributed by atoms with E-state index in [1.54, 1.807) is 20.8 Å². The molecule has 0 spiro atoms. The second kappa shape index (κ2) is 4.11. The average molecular weight is 228 g/mol. The van der Waals surface area contributed by atoms with Crippen LogP contribution in [0.2, 0.25) is 5.02 Å². The monoisotopic (exact) mass is 227 g/mol. The lowest BCUT2D eigenvalue weighted by molar-refractivity contribution is 0.00690. The van der Waals surface area contributed by atoms with Gasteiger partial charge in [-0.3, -0.25) is 5.11 Å². The molecule has 0 bridgehead atoms. The van der Waals surface area contributed by atoms with Crippen molar-refractivity contribution in [3.05, 3.63) is 28.8 Å². The number of hydrogen-bond donors (Lipinski definition) is 0. The number of carbonyl (C=O) groups excluding carboxylic acids is 1. The molecule has 0 aliphatic carbocycles. The van der Waals surface area contributed by atoms with E-state index in [1.807, 2.05) is 0 Å². The quantitative estimate of drug-likeness (QED) is 0.690. The van der Waals surface area contributed by atoms with Crippen molar-refractivity contribution < 1.29 is 14.6 Å². The lowest BCUT2D eigenvalue weighted by Gasteiger charge is -2.19. The van der Waals surface area contributed by atoms with Crippen LogP contribution in [0.25, 0.3) is 0 Å². The molecular formula is C11H12ClO3. The van der Waals surface area contributed by atoms with Crippen molar-refractivity contribution >= 4 is 17.6 Å². The highest BCUT2D eigenvalue weighted by Crippen LogP contribution is 2.25. The molecule has 4 heteroatoms. The largest absolute Gasteiger partial charge is 0.456 e. The van der Waals surface area contributed by atoms with Gasteiger partial charge in [0.15, 0.2) is 5.75 Å². The number of halogens is 1. The normalized spacial score (nSPS) is 11.2. The molecule has 0 N–H and O–H groups in total. The zero-order valence-electron chi connectivity index (χ0n) is 8.83. The molecule has 3 nitrogen and oxygen atoms in total. The van der Waals surface area contributed by atoms with E-state index < -0.39 is 11.6 Å². The van der Waals surface area contributed by atoms with Crippen molar-refractivity contribution in [3.63, 3.8) is 0 Å². The Morgan fingerprint density at radius 3 is 2.40 bits per heavy atom. The van der Waals surface area contributed by atoms with E-state index in [0.29, 0.717) is 0 Å². The molecule has 1 aromatic rings. The Hall–Kier alpha value is -1.22. The SMILES string of the molecule is CC(C)(C)OC(=O)c1ccc(Cl)c([O])c1. The molecule has 0 aliphatic heterocycles. The number of rotatable bonds is 1. The van der Waals surface area contributed by atoms with Gasteiger partial charge in [-0.2, -0.15) is 0 Å². The van der Waals surface area contributed by atoms with Gasteiger partial charge >= 0.3 is 5.97 Å². The van der Waals surface area contributed by atoms with Gasteiger partial charge in [-0.05, 0) is 32.9 Å². The molecule has 0 saturated carbocycles. The summed E-state index contributed by atoms with van der Waals surface area (Å²) in [5.74, 6) is -0.892. The summed E-state index contributed by atoms with van der Waals surface area (Å²) in [5.41, 5.74) is -0.348. The van der Waals surface area contributed by atoms with Crippen molar-refractivity contribution in [2.24, 2.45) is 0 Å². The minimum Gasteiger partial charge on any atom is -0.456 e. The van der Waals surface area contributed by atoms with E-state index in [9.17, 15) is 9.90 Å². The van der Waals surface area contributed by atoms with Crippen LogP contribution >= 0.6 is 11.6 Å². The highest BCUT2D eigenvalue weighted by molar-refractivity contribution is 6.32. The van der Waals surface area contributed by atoms with Crippen molar-refractivity contribution in [1.29, 1.82) is 0 Å². The van der Waals surface area contributed by atoms with E-state index in [4.69, 9.17) is 16.3 Å². The Bertz CT molecular complexity index is 380. The third kappa shape index (κ3) is 3.44. The van der Waals surface area contributed by atoms with Crippen molar-refractivity contribution in [2.45, 2.75) is 26.4 Å². The van der Waals surface area contributed by atoms with Crippen LogP contribution in [-0.2, 0) is 9.84 Å². The summed E-state index contributed by atoms with van der Waals surface area (Å²) in [5, 5.41) is 11.3. The van der Waals surface area contributed by atoms with E-state index >= 15 is 0 Å². The van der Waals surface area contributed by atoms with Gasteiger partial charge in [0, 0.05) is 6.07 Å². The topological polar surface area (TPSA) is 46.2 Å². The predicted octanol–water partition coefficient (Wildman–Crippen LogP) is 3.44. The summed E-state index contributed by atoms with van der Waals surface area (Å²) in [6, 6.07) is 4.04. The van der Waals surface area contributed by atoms with Crippen LogP contribution < -0.4 is 0 Å². The second-order valence-electron chi connectivity index (χ2n) is 4.15. The van der Waals surface area contributed by atoms with Crippen molar-refractivity contribution in [3.8, 4) is 5.75 Å². The van der Waals surface area contributed by atoms with E-state index in [0.717, 1.165) is 0 Å². The Morgan fingerprint density at radius 1 is 1.33 bits per heavy atom. The van der Waals surface area contributed by atoms with Gasteiger partial charge in [0.1, 0.15) is 5.60 Å². The molecule has 1 aromatic carbocycles. The maximum absolute atomic E-state index is 11.5. The lowest BCUT2D eigenvalue weighted by atomic mass is 10.1. The van der Waals surface area contributed by atoms with Crippen molar-refractivity contribution in [1.82, 2.24) is 0 Å². The fraction of sp³-hybridized carbons (Fsp3) is 0.364. The minimum atomic E-state index is -0.570. The maximum Gasteiger partial charge on any atom is 0.338 e. The molecule has 0 unspecified atom stereocenters. The molecule has 0 aromatic heterocycles. The fourth-order valence-corrected chi connectivity index (χ4v) is 1.08. The van der Waals surface area contributed by atoms with Crippen LogP contribution in [0.15, 0.2) is 18.2 Å². The first-order chi connectivity index (χ1) is 6.79. The lowest BCUT2D eigenvalue weighted by Crippen LogP contribution is -2.23. The number of benzene rings is 1. The molecule has 81 valence electrons. The summed E-state index contributed by atoms with van der Waals surface area (Å²) in [7, 11) is 0. The van der Waals surface area contributed by atoms with Gasteiger partial charge in [0.05, 0.1) is 10.6 Å². The van der Waals surface area contributed by atoms with Crippen LogP contribution in [0, 0.1) is 0 Å². The van der Waals surface area contributed by atoms with Gasteiger partial charge in [-0.25, -0.2) is 4.79 Å². The van der Waals surface area contributed by atoms with E-state index in [2.05, 4.69) is 0 Å². The molecule has 0 fully saturated rings. The van der Waals surface area contributed by atoms with Crippen molar-refractivity contribution in [2.75, 3.05) is 0 Å². The van der Waals surface area contributed by atoms with Gasteiger partial charge in [0.25, 0.3) is 0 Å². The standard InChI is InChI=1S/C11H12ClO3/c1-11(2,3)15-10(14)7-4-5-8(12)9(13)6-7/h4-6H,1-3H3. The van der Waals surface area contributed by atoms with Crippen LogP contribution in [0.4, 0.5) is 0 Å². The molecule has 0 atom stereocenters. The molecule has 15 heavy (non-hydrogen) atoms. The number of ether oxygens (including phenoxy) is 1. The van der Waals surface area contributed by atoms with Gasteiger partial charge in [-0.15, -0.1) is 0 Å². The zero-order valence-corrected chi connectivity index (χ0v) is 9.59. The summed E-state index contributed by atoms with van der Waals surface area (Å²) in [6.45, 7) is 5.29. The summed E-state index contributed by atoms with van der Waals surface area (Å²) >= 11 is 5.55. The molecule has 0 amide bonds. The Kier molecular flexibility index (Phi) is 3.25. The van der Waals surface area contributed by atoms with E-state index in [-0.39, 0.29) is 16.3 Å². The highest BCUT2D eigenvalue weighted by Gasteiger charge is 2.18. The predicted molar refractivity (Wildman–Crippen MR) is 56.8 cm³/mol. The molecular weight excluding hydrogens is 216 g/mol. The molecule has 0 saturated heterocycles. The fourth-order valence-electron chi connectivity index (χ4n) is 0.967. The minimum absolute atomic E-state index is 0.0994. The summed E-state index contributed by atoms with van der Waals surface area (Å²) in [6.07, 6.45) is 0. The molecule has 0 aliphatic rings. The number of esters is 1. The summed E-state index contributed by atoms with van der Waals surface area (Å²) < 4.78 is 5.10. The van der Waals surface area contributed by atoms with E-state index in [1.165, 1.54) is 18.2 Å². The smallest absolute Gasteiger partial charge is 0.338 e. The van der Waals surface area contributed by atoms with Crippen LogP contribution in [0.3, 0.4) is 0 Å². The maximum atomic E-state index is 11.5. The summed E-state index contributed by atoms with van der Waals surface area (Å²) in [4.78, 5) is 11.5. The first-order valence-corrected chi connectivity index (χ1v) is 4.87. The molecule has 0 heterocycles. The third-order valence-corrected chi connectivity index (χ3v) is 1.88. The van der Waals surface area contributed by atoms with Gasteiger partial charge in [-0.1, -0.05) is 11.6 Å². The van der Waals surface area contributed by atoms with Gasteiger partial charge < -0.3 is 4.74 Å². The Labute approximate surface area is 93.6 Å². The zero-order chi connectivity index (χ0) is 11.6.